The van der Waals surface area contributed by atoms with Gasteiger partial charge in [0.15, 0.2) is 12.4 Å². The van der Waals surface area contributed by atoms with Crippen LogP contribution in [0.3, 0.4) is 0 Å². The number of aromatic nitrogens is 1. The van der Waals surface area contributed by atoms with Gasteiger partial charge in [-0.2, -0.15) is 0 Å². The summed E-state index contributed by atoms with van der Waals surface area (Å²) in [6, 6.07) is 7.62. The molecule has 0 spiro atoms. The van der Waals surface area contributed by atoms with Crippen molar-refractivity contribution in [3.63, 3.8) is 0 Å². The highest BCUT2D eigenvalue weighted by Crippen LogP contribution is 2.25. The number of amides is 1. The molecule has 2 rings (SSSR count). The van der Waals surface area contributed by atoms with Gasteiger partial charge in [0, 0.05) is 11.5 Å². The number of benzene rings is 1. The Morgan fingerprint density at radius 2 is 2.00 bits per heavy atom. The summed E-state index contributed by atoms with van der Waals surface area (Å²) in [7, 11) is 0. The van der Waals surface area contributed by atoms with Crippen LogP contribution >= 0.6 is 0 Å². The molecule has 0 unspecified atom stereocenters. The molecule has 0 aliphatic carbocycles. The summed E-state index contributed by atoms with van der Waals surface area (Å²) in [5, 5.41) is 6.54. The Morgan fingerprint density at radius 3 is 2.54 bits per heavy atom. The lowest BCUT2D eigenvalue weighted by atomic mass is 9.93. The van der Waals surface area contributed by atoms with E-state index in [9.17, 15) is 4.79 Å². The van der Waals surface area contributed by atoms with E-state index in [1.54, 1.807) is 6.07 Å². The average molecular weight is 330 g/mol. The summed E-state index contributed by atoms with van der Waals surface area (Å²) in [6.07, 6.45) is 0. The van der Waals surface area contributed by atoms with Crippen LogP contribution in [0.5, 0.6) is 5.75 Å². The summed E-state index contributed by atoms with van der Waals surface area (Å²) >= 11 is 0. The van der Waals surface area contributed by atoms with Crippen molar-refractivity contribution in [2.45, 2.75) is 52.9 Å². The fourth-order valence-corrected chi connectivity index (χ4v) is 2.40. The van der Waals surface area contributed by atoms with E-state index in [1.165, 1.54) is 5.56 Å². The summed E-state index contributed by atoms with van der Waals surface area (Å²) in [5.74, 6) is 2.00. The second-order valence-corrected chi connectivity index (χ2v) is 7.34. The van der Waals surface area contributed by atoms with Gasteiger partial charge in [-0.3, -0.25) is 4.79 Å². The van der Waals surface area contributed by atoms with E-state index in [0.717, 1.165) is 11.3 Å². The lowest BCUT2D eigenvalue weighted by molar-refractivity contribution is -0.118. The maximum atomic E-state index is 12.0. The molecule has 130 valence electrons. The van der Waals surface area contributed by atoms with Crippen LogP contribution < -0.4 is 10.1 Å². The average Bonchev–Trinajstić information content (AvgIpc) is 2.93. The highest BCUT2D eigenvalue weighted by molar-refractivity contribution is 5.90. The van der Waals surface area contributed by atoms with Crippen molar-refractivity contribution in [2.75, 3.05) is 11.9 Å². The number of hydrogen-bond donors (Lipinski definition) is 1. The van der Waals surface area contributed by atoms with E-state index in [0.29, 0.717) is 17.5 Å². The van der Waals surface area contributed by atoms with Crippen LogP contribution in [0.15, 0.2) is 28.8 Å². The molecule has 0 saturated carbocycles. The van der Waals surface area contributed by atoms with Crippen LogP contribution in [0.2, 0.25) is 0 Å². The molecule has 0 saturated heterocycles. The summed E-state index contributed by atoms with van der Waals surface area (Å²) in [6.45, 7) is 12.3. The monoisotopic (exact) mass is 330 g/mol. The number of nitrogens with zero attached hydrogens (tertiary/aromatic N) is 1. The van der Waals surface area contributed by atoms with E-state index in [1.807, 2.05) is 45.9 Å². The number of ether oxygens (including phenoxy) is 1. The Bertz CT molecular complexity index is 712. The summed E-state index contributed by atoms with van der Waals surface area (Å²) < 4.78 is 10.8. The van der Waals surface area contributed by atoms with Crippen molar-refractivity contribution >= 4 is 11.7 Å². The summed E-state index contributed by atoms with van der Waals surface area (Å²) in [5.41, 5.74) is 2.29. The van der Waals surface area contributed by atoms with E-state index in [2.05, 4.69) is 24.3 Å². The Labute approximate surface area is 143 Å². The van der Waals surface area contributed by atoms with Gasteiger partial charge in [0.1, 0.15) is 11.5 Å². The predicted octanol–water partition coefficient (Wildman–Crippen LogP) is 4.42. The quantitative estimate of drug-likeness (QED) is 0.881. The second-order valence-electron chi connectivity index (χ2n) is 7.34. The zero-order chi connectivity index (χ0) is 17.9. The van der Waals surface area contributed by atoms with Gasteiger partial charge in [-0.15, -0.1) is 0 Å². The van der Waals surface area contributed by atoms with Crippen molar-refractivity contribution in [1.82, 2.24) is 5.16 Å². The zero-order valence-electron chi connectivity index (χ0n) is 15.3. The molecule has 24 heavy (non-hydrogen) atoms. The number of nitrogens with one attached hydrogen (secondary N) is 1. The molecule has 0 aliphatic heterocycles. The lowest BCUT2D eigenvalue weighted by Gasteiger charge is -2.12. The topological polar surface area (TPSA) is 64.4 Å². The minimum atomic E-state index is -0.269. The first-order chi connectivity index (χ1) is 11.2. The van der Waals surface area contributed by atoms with Crippen LogP contribution in [0.25, 0.3) is 0 Å². The lowest BCUT2D eigenvalue weighted by Crippen LogP contribution is -2.20. The SMILES string of the molecule is Cc1cc(OCC(=O)Nc2cc(C(C)(C)C)on2)ccc1C(C)C. The molecule has 1 aromatic carbocycles. The second kappa shape index (κ2) is 7.07. The number of carbonyl (C=O) groups is 1. The molecule has 0 bridgehead atoms. The van der Waals surface area contributed by atoms with Crippen molar-refractivity contribution in [2.24, 2.45) is 0 Å². The minimum absolute atomic E-state index is 0.0713. The van der Waals surface area contributed by atoms with Gasteiger partial charge >= 0.3 is 0 Å². The minimum Gasteiger partial charge on any atom is -0.484 e. The molecule has 2 aromatic rings. The molecular weight excluding hydrogens is 304 g/mol. The number of hydrogen-bond acceptors (Lipinski definition) is 4. The van der Waals surface area contributed by atoms with Crippen LogP contribution in [0.4, 0.5) is 5.82 Å². The van der Waals surface area contributed by atoms with Gasteiger partial charge in [-0.1, -0.05) is 45.8 Å². The highest BCUT2D eigenvalue weighted by Gasteiger charge is 2.20. The molecule has 5 heteroatoms. The molecule has 1 aromatic heterocycles. The van der Waals surface area contributed by atoms with Crippen molar-refractivity contribution in [3.05, 3.63) is 41.2 Å². The van der Waals surface area contributed by atoms with E-state index in [4.69, 9.17) is 9.26 Å². The van der Waals surface area contributed by atoms with Gasteiger partial charge in [0.05, 0.1) is 0 Å². The number of rotatable bonds is 5. The first-order valence-corrected chi connectivity index (χ1v) is 8.17. The molecule has 5 nitrogen and oxygen atoms in total. The molecule has 1 N–H and O–H groups in total. The van der Waals surface area contributed by atoms with Gasteiger partial charge < -0.3 is 14.6 Å². The standard InChI is InChI=1S/C19H26N2O3/c1-12(2)15-8-7-14(9-13(15)3)23-11-18(22)20-17-10-16(24-21-17)19(4,5)6/h7-10,12H,11H2,1-6H3,(H,20,21,22). The van der Waals surface area contributed by atoms with Gasteiger partial charge in [0.25, 0.3) is 5.91 Å². The van der Waals surface area contributed by atoms with Crippen LogP contribution in [0, 0.1) is 6.92 Å². The predicted molar refractivity (Wildman–Crippen MR) is 94.6 cm³/mol. The maximum Gasteiger partial charge on any atom is 0.263 e. The van der Waals surface area contributed by atoms with E-state index < -0.39 is 0 Å². The van der Waals surface area contributed by atoms with Crippen LogP contribution in [-0.2, 0) is 10.2 Å². The highest BCUT2D eigenvalue weighted by atomic mass is 16.5. The Kier molecular flexibility index (Phi) is 5.32. The molecule has 1 amide bonds. The maximum absolute atomic E-state index is 12.0. The zero-order valence-corrected chi connectivity index (χ0v) is 15.3. The Hall–Kier alpha value is -2.30. The fourth-order valence-electron chi connectivity index (χ4n) is 2.40. The van der Waals surface area contributed by atoms with Crippen molar-refractivity contribution < 1.29 is 14.1 Å². The summed E-state index contributed by atoms with van der Waals surface area (Å²) in [4.78, 5) is 12.0. The third kappa shape index (κ3) is 4.60. The largest absolute Gasteiger partial charge is 0.484 e. The smallest absolute Gasteiger partial charge is 0.263 e. The van der Waals surface area contributed by atoms with Crippen LogP contribution in [0.1, 0.15) is 57.4 Å². The van der Waals surface area contributed by atoms with Crippen molar-refractivity contribution in [3.8, 4) is 5.75 Å². The molecule has 0 aliphatic rings. The third-order valence-electron chi connectivity index (χ3n) is 3.75. The van der Waals surface area contributed by atoms with E-state index in [-0.39, 0.29) is 17.9 Å². The Balaban J connectivity index is 1.91. The molecule has 0 radical (unpaired) electrons. The molecule has 0 atom stereocenters. The number of aryl methyl sites for hydroxylation is 1. The number of anilines is 1. The number of carbonyl (C=O) groups excluding carboxylic acids is 1. The van der Waals surface area contributed by atoms with Gasteiger partial charge in [0.2, 0.25) is 0 Å². The molecular formula is C19H26N2O3. The van der Waals surface area contributed by atoms with Crippen LogP contribution in [-0.4, -0.2) is 17.7 Å². The first kappa shape index (κ1) is 18.0. The molecule has 1 heterocycles. The van der Waals surface area contributed by atoms with Crippen molar-refractivity contribution in [1.29, 1.82) is 0 Å². The third-order valence-corrected chi connectivity index (χ3v) is 3.75. The van der Waals surface area contributed by atoms with E-state index >= 15 is 0 Å². The van der Waals surface area contributed by atoms with Gasteiger partial charge in [-0.05, 0) is 36.1 Å². The fraction of sp³-hybridized carbons (Fsp3) is 0.474. The Morgan fingerprint density at radius 1 is 1.29 bits per heavy atom. The first-order valence-electron chi connectivity index (χ1n) is 8.17. The molecule has 0 fully saturated rings. The normalized spacial score (nSPS) is 11.6. The van der Waals surface area contributed by atoms with Gasteiger partial charge in [-0.25, -0.2) is 0 Å².